The van der Waals surface area contributed by atoms with E-state index in [0.29, 0.717) is 24.7 Å². The Balaban J connectivity index is 1.70. The molecule has 30 heavy (non-hydrogen) atoms. The van der Waals surface area contributed by atoms with Crippen molar-refractivity contribution in [3.8, 4) is 17.2 Å². The minimum absolute atomic E-state index is 0.0196. The zero-order chi connectivity index (χ0) is 21.7. The predicted molar refractivity (Wildman–Crippen MR) is 110 cm³/mol. The van der Waals surface area contributed by atoms with Gasteiger partial charge in [0.2, 0.25) is 10.0 Å². The van der Waals surface area contributed by atoms with Crippen LogP contribution < -0.4 is 14.8 Å². The number of aromatic hydroxyl groups is 1. The van der Waals surface area contributed by atoms with Crippen molar-refractivity contribution in [3.05, 3.63) is 42.0 Å². The first-order valence-corrected chi connectivity index (χ1v) is 10.7. The Hall–Kier alpha value is -2.82. The van der Waals surface area contributed by atoms with Crippen LogP contribution in [-0.4, -0.2) is 63.8 Å². The molecule has 0 radical (unpaired) electrons. The highest BCUT2D eigenvalue weighted by Crippen LogP contribution is 2.29. The maximum Gasteiger partial charge on any atom is 0.262 e. The van der Waals surface area contributed by atoms with Gasteiger partial charge in [0.25, 0.3) is 5.91 Å². The van der Waals surface area contributed by atoms with Crippen LogP contribution >= 0.6 is 0 Å². The molecule has 10 heteroatoms. The van der Waals surface area contributed by atoms with Crippen molar-refractivity contribution in [2.24, 2.45) is 0 Å². The lowest BCUT2D eigenvalue weighted by molar-refractivity contribution is -0.118. The first-order chi connectivity index (χ1) is 14.3. The number of morpholine rings is 1. The molecule has 2 aromatic carbocycles. The molecule has 2 N–H and O–H groups in total. The van der Waals surface area contributed by atoms with Crippen molar-refractivity contribution in [1.82, 2.24) is 4.31 Å². The van der Waals surface area contributed by atoms with Gasteiger partial charge in [-0.15, -0.1) is 0 Å². The fourth-order valence-electron chi connectivity index (χ4n) is 2.94. The molecule has 0 saturated carbocycles. The molecule has 1 saturated heterocycles. The number of sulfonamides is 1. The number of nitrogens with one attached hydrogen (secondary N) is 1. The molecule has 1 heterocycles. The summed E-state index contributed by atoms with van der Waals surface area (Å²) in [6.45, 7) is 2.69. The summed E-state index contributed by atoms with van der Waals surface area (Å²) >= 11 is 0. The number of hydrogen-bond acceptors (Lipinski definition) is 7. The van der Waals surface area contributed by atoms with E-state index in [2.05, 4.69) is 5.32 Å². The van der Waals surface area contributed by atoms with E-state index in [9.17, 15) is 18.3 Å². The van der Waals surface area contributed by atoms with Crippen LogP contribution in [0.25, 0.3) is 0 Å². The maximum atomic E-state index is 12.8. The van der Waals surface area contributed by atoms with Crippen molar-refractivity contribution < 1.29 is 32.5 Å². The average molecular weight is 436 g/mol. The molecule has 0 bridgehead atoms. The highest BCUT2D eigenvalue weighted by atomic mass is 32.2. The van der Waals surface area contributed by atoms with E-state index < -0.39 is 15.9 Å². The third-order valence-electron chi connectivity index (χ3n) is 4.53. The molecule has 1 aliphatic heterocycles. The number of amides is 1. The monoisotopic (exact) mass is 436 g/mol. The number of carbonyl (C=O) groups is 1. The number of rotatable bonds is 7. The van der Waals surface area contributed by atoms with E-state index in [4.69, 9.17) is 14.2 Å². The highest BCUT2D eigenvalue weighted by Gasteiger charge is 2.27. The topological polar surface area (TPSA) is 114 Å². The van der Waals surface area contributed by atoms with Crippen LogP contribution in [0, 0.1) is 6.92 Å². The van der Waals surface area contributed by atoms with Gasteiger partial charge in [-0.05, 0) is 42.8 Å². The van der Waals surface area contributed by atoms with E-state index in [1.165, 1.54) is 29.6 Å². The van der Waals surface area contributed by atoms with Crippen LogP contribution in [0.4, 0.5) is 5.69 Å². The lowest BCUT2D eigenvalue weighted by atomic mass is 10.2. The quantitative estimate of drug-likeness (QED) is 0.636. The summed E-state index contributed by atoms with van der Waals surface area (Å²) < 4.78 is 42.8. The Morgan fingerprint density at radius 3 is 2.60 bits per heavy atom. The van der Waals surface area contributed by atoms with Crippen molar-refractivity contribution in [3.63, 3.8) is 0 Å². The van der Waals surface area contributed by atoms with Gasteiger partial charge < -0.3 is 24.6 Å². The second-order valence-corrected chi connectivity index (χ2v) is 8.62. The molecule has 0 atom stereocenters. The minimum Gasteiger partial charge on any atom is -0.506 e. The van der Waals surface area contributed by atoms with E-state index in [1.807, 2.05) is 13.0 Å². The highest BCUT2D eigenvalue weighted by molar-refractivity contribution is 7.89. The molecule has 0 spiro atoms. The van der Waals surface area contributed by atoms with Gasteiger partial charge in [-0.1, -0.05) is 6.07 Å². The van der Waals surface area contributed by atoms with Crippen molar-refractivity contribution in [2.45, 2.75) is 11.8 Å². The van der Waals surface area contributed by atoms with Gasteiger partial charge >= 0.3 is 0 Å². The SMILES string of the molecule is COc1cc(C)ccc1OCC(=O)Nc1cc(S(=O)(=O)N2CCOCC2)ccc1O. The van der Waals surface area contributed by atoms with Crippen LogP contribution in [0.2, 0.25) is 0 Å². The summed E-state index contributed by atoms with van der Waals surface area (Å²) in [5.41, 5.74) is 0.959. The third kappa shape index (κ3) is 5.02. The largest absolute Gasteiger partial charge is 0.506 e. The molecule has 162 valence electrons. The second-order valence-electron chi connectivity index (χ2n) is 6.69. The van der Waals surface area contributed by atoms with Crippen molar-refractivity contribution in [2.75, 3.05) is 45.3 Å². The van der Waals surface area contributed by atoms with Crippen LogP contribution in [0.1, 0.15) is 5.56 Å². The number of methoxy groups -OCH3 is 1. The smallest absolute Gasteiger partial charge is 0.262 e. The third-order valence-corrected chi connectivity index (χ3v) is 6.42. The Morgan fingerprint density at radius 2 is 1.90 bits per heavy atom. The molecule has 0 unspecified atom stereocenters. The molecular weight excluding hydrogens is 412 g/mol. The Morgan fingerprint density at radius 1 is 1.17 bits per heavy atom. The van der Waals surface area contributed by atoms with Gasteiger partial charge in [0.05, 0.1) is 30.9 Å². The zero-order valence-electron chi connectivity index (χ0n) is 16.8. The van der Waals surface area contributed by atoms with Crippen LogP contribution in [-0.2, 0) is 19.6 Å². The van der Waals surface area contributed by atoms with E-state index >= 15 is 0 Å². The molecule has 1 amide bonds. The van der Waals surface area contributed by atoms with E-state index in [0.717, 1.165) is 5.56 Å². The molecule has 1 aliphatic rings. The van der Waals surface area contributed by atoms with E-state index in [1.54, 1.807) is 12.1 Å². The Labute approximate surface area is 175 Å². The number of carbonyl (C=O) groups excluding carboxylic acids is 1. The first-order valence-electron chi connectivity index (χ1n) is 9.29. The minimum atomic E-state index is -3.76. The average Bonchev–Trinajstić information content (AvgIpc) is 2.74. The molecule has 2 aromatic rings. The van der Waals surface area contributed by atoms with Gasteiger partial charge in [-0.2, -0.15) is 4.31 Å². The second kappa shape index (κ2) is 9.33. The van der Waals surface area contributed by atoms with E-state index in [-0.39, 0.29) is 36.0 Å². The fraction of sp³-hybridized carbons (Fsp3) is 0.350. The molecule has 9 nitrogen and oxygen atoms in total. The fourth-order valence-corrected chi connectivity index (χ4v) is 4.37. The summed E-state index contributed by atoms with van der Waals surface area (Å²) in [7, 11) is -2.26. The number of aryl methyl sites for hydroxylation is 1. The molecule has 0 aromatic heterocycles. The van der Waals surface area contributed by atoms with Crippen molar-refractivity contribution in [1.29, 1.82) is 0 Å². The summed E-state index contributed by atoms with van der Waals surface area (Å²) in [4.78, 5) is 12.3. The Bertz CT molecular complexity index is 1020. The summed E-state index contributed by atoms with van der Waals surface area (Å²) in [5.74, 6) is 0.0707. The molecule has 3 rings (SSSR count). The molecule has 1 fully saturated rings. The van der Waals surface area contributed by atoms with Crippen LogP contribution in [0.3, 0.4) is 0 Å². The zero-order valence-corrected chi connectivity index (χ0v) is 17.6. The summed E-state index contributed by atoms with van der Waals surface area (Å²) in [5, 5.41) is 12.5. The summed E-state index contributed by atoms with van der Waals surface area (Å²) in [6, 6.07) is 9.04. The number of nitrogens with zero attached hydrogens (tertiary/aromatic N) is 1. The first kappa shape index (κ1) is 21.9. The maximum absolute atomic E-state index is 12.8. The molecule has 0 aliphatic carbocycles. The predicted octanol–water partition coefficient (Wildman–Crippen LogP) is 1.75. The number of phenols is 1. The standard InChI is InChI=1S/C20H24N2O7S/c1-14-3-6-18(19(11-14)27-2)29-13-20(24)21-16-12-15(4-5-17(16)23)30(25,26)22-7-9-28-10-8-22/h3-6,11-12,23H,7-10,13H2,1-2H3,(H,21,24). The van der Waals surface area contributed by atoms with Crippen LogP contribution in [0.5, 0.6) is 17.2 Å². The van der Waals surface area contributed by atoms with Gasteiger partial charge in [-0.25, -0.2) is 8.42 Å². The van der Waals surface area contributed by atoms with Gasteiger partial charge in [0, 0.05) is 13.1 Å². The number of anilines is 1. The van der Waals surface area contributed by atoms with Gasteiger partial charge in [-0.3, -0.25) is 4.79 Å². The normalized spacial score (nSPS) is 14.9. The lowest BCUT2D eigenvalue weighted by Gasteiger charge is -2.26. The summed E-state index contributed by atoms with van der Waals surface area (Å²) in [6.07, 6.45) is 0. The number of benzene rings is 2. The lowest BCUT2D eigenvalue weighted by Crippen LogP contribution is -2.40. The number of ether oxygens (including phenoxy) is 3. The van der Waals surface area contributed by atoms with Crippen molar-refractivity contribution >= 4 is 21.6 Å². The molecular formula is C20H24N2O7S. The Kier molecular flexibility index (Phi) is 6.80. The number of hydrogen-bond donors (Lipinski definition) is 2. The van der Waals surface area contributed by atoms with Crippen LogP contribution in [0.15, 0.2) is 41.3 Å². The number of phenolic OH excluding ortho intramolecular Hbond substituents is 1. The van der Waals surface area contributed by atoms with Gasteiger partial charge in [0.15, 0.2) is 18.1 Å². The van der Waals surface area contributed by atoms with Gasteiger partial charge in [0.1, 0.15) is 5.75 Å².